The third-order valence-electron chi connectivity index (χ3n) is 5.53. The molecule has 1 amide bonds. The first-order chi connectivity index (χ1) is 15.0. The molecule has 31 heavy (non-hydrogen) atoms. The molecule has 0 aliphatic carbocycles. The van der Waals surface area contributed by atoms with Gasteiger partial charge in [-0.05, 0) is 37.3 Å². The lowest BCUT2D eigenvalue weighted by Gasteiger charge is -2.14. The van der Waals surface area contributed by atoms with Gasteiger partial charge in [-0.25, -0.2) is 0 Å². The second-order valence-electron chi connectivity index (χ2n) is 7.58. The highest BCUT2D eigenvalue weighted by Gasteiger charge is 2.19. The molecular weight excluding hydrogens is 414 g/mol. The highest BCUT2D eigenvalue weighted by molar-refractivity contribution is 7.17. The summed E-state index contributed by atoms with van der Waals surface area (Å²) < 4.78 is 4.35. The van der Waals surface area contributed by atoms with Crippen LogP contribution in [0.3, 0.4) is 0 Å². The van der Waals surface area contributed by atoms with E-state index in [1.807, 2.05) is 35.8 Å². The minimum absolute atomic E-state index is 0.0127. The van der Waals surface area contributed by atoms with Crippen molar-refractivity contribution in [2.75, 3.05) is 0 Å². The zero-order chi connectivity index (χ0) is 22.0. The molecule has 0 radical (unpaired) electrons. The number of aryl methyl sites for hydroxylation is 1. The number of carbonyl (C=O) groups is 1. The van der Waals surface area contributed by atoms with Gasteiger partial charge < -0.3 is 10.4 Å². The maximum Gasteiger partial charge on any atom is 0.273 e. The molecule has 162 valence electrons. The van der Waals surface area contributed by atoms with E-state index in [0.717, 1.165) is 17.8 Å². The first-order valence-electron chi connectivity index (χ1n) is 10.4. The molecule has 2 N–H and O–H groups in total. The monoisotopic (exact) mass is 439 g/mol. The summed E-state index contributed by atoms with van der Waals surface area (Å²) in [5.74, 6) is 1.37. The predicted molar refractivity (Wildman–Crippen MR) is 121 cm³/mol. The molecule has 0 saturated carbocycles. The van der Waals surface area contributed by atoms with E-state index in [1.54, 1.807) is 22.8 Å². The summed E-state index contributed by atoms with van der Waals surface area (Å²) in [6.07, 6.45) is 2.31. The molecule has 4 rings (SSSR count). The molecule has 0 bridgehead atoms. The number of fused-ring (bicyclic) bond motifs is 3. The van der Waals surface area contributed by atoms with E-state index >= 15 is 0 Å². The summed E-state index contributed by atoms with van der Waals surface area (Å²) in [4.78, 5) is 25.2. The van der Waals surface area contributed by atoms with E-state index in [1.165, 1.54) is 11.3 Å². The van der Waals surface area contributed by atoms with Crippen molar-refractivity contribution in [1.29, 1.82) is 0 Å². The number of thiophene rings is 1. The van der Waals surface area contributed by atoms with Gasteiger partial charge in [0.2, 0.25) is 11.7 Å². The van der Waals surface area contributed by atoms with E-state index in [2.05, 4.69) is 15.5 Å². The summed E-state index contributed by atoms with van der Waals surface area (Å²) in [6.45, 7) is 4.33. The number of rotatable bonds is 8. The van der Waals surface area contributed by atoms with Crippen LogP contribution in [0.15, 0.2) is 40.5 Å². The lowest BCUT2D eigenvalue weighted by molar-refractivity contribution is -0.121. The van der Waals surface area contributed by atoms with Crippen molar-refractivity contribution in [3.8, 4) is 5.75 Å². The lowest BCUT2D eigenvalue weighted by atomic mass is 10.2. The Morgan fingerprint density at radius 1 is 1.26 bits per heavy atom. The third kappa shape index (κ3) is 4.05. The van der Waals surface area contributed by atoms with E-state index < -0.39 is 0 Å². The van der Waals surface area contributed by atoms with Crippen LogP contribution < -0.4 is 10.9 Å². The van der Waals surface area contributed by atoms with Gasteiger partial charge in [0.05, 0.1) is 5.52 Å². The Kier molecular flexibility index (Phi) is 6.03. The number of hydrogen-bond acceptors (Lipinski definition) is 6. The summed E-state index contributed by atoms with van der Waals surface area (Å²) in [6, 6.07) is 8.87. The van der Waals surface area contributed by atoms with Crippen LogP contribution in [0.2, 0.25) is 0 Å². The van der Waals surface area contributed by atoms with Gasteiger partial charge in [-0.2, -0.15) is 0 Å². The second-order valence-corrected chi connectivity index (χ2v) is 8.49. The minimum Gasteiger partial charge on any atom is -0.508 e. The Morgan fingerprint density at radius 2 is 2.06 bits per heavy atom. The Bertz CT molecular complexity index is 1290. The van der Waals surface area contributed by atoms with Crippen molar-refractivity contribution >= 4 is 33.2 Å². The van der Waals surface area contributed by atoms with Gasteiger partial charge in [-0.15, -0.1) is 21.5 Å². The number of amides is 1. The number of phenolic OH excluding ortho intramolecular Hbond substituents is 1. The predicted octanol–water partition coefficient (Wildman–Crippen LogP) is 3.42. The molecule has 1 aromatic carbocycles. The summed E-state index contributed by atoms with van der Waals surface area (Å²) in [7, 11) is 0. The first kappa shape index (κ1) is 21.0. The maximum atomic E-state index is 13.0. The number of aromatic nitrogens is 4. The summed E-state index contributed by atoms with van der Waals surface area (Å²) in [5, 5.41) is 23.2. The van der Waals surface area contributed by atoms with Crippen molar-refractivity contribution in [1.82, 2.24) is 24.5 Å². The summed E-state index contributed by atoms with van der Waals surface area (Å²) >= 11 is 1.42. The normalized spacial score (nSPS) is 12.5. The number of nitrogens with zero attached hydrogens (tertiary/aromatic N) is 4. The molecule has 0 spiro atoms. The molecule has 0 saturated heterocycles. The Morgan fingerprint density at radius 3 is 2.84 bits per heavy atom. The van der Waals surface area contributed by atoms with Gasteiger partial charge in [-0.3, -0.25) is 18.6 Å². The largest absolute Gasteiger partial charge is 0.508 e. The Hall–Kier alpha value is -3.20. The quantitative estimate of drug-likeness (QED) is 0.438. The van der Waals surface area contributed by atoms with Crippen LogP contribution >= 0.6 is 11.3 Å². The number of phenols is 1. The van der Waals surface area contributed by atoms with Gasteiger partial charge in [0.15, 0.2) is 0 Å². The molecule has 0 aliphatic heterocycles. The van der Waals surface area contributed by atoms with Crippen LogP contribution in [0.4, 0.5) is 0 Å². The average Bonchev–Trinajstić information content (AvgIpc) is 3.40. The van der Waals surface area contributed by atoms with Crippen LogP contribution in [-0.4, -0.2) is 30.2 Å². The van der Waals surface area contributed by atoms with Gasteiger partial charge in [0.1, 0.15) is 16.3 Å². The number of benzene rings is 1. The molecule has 9 heteroatoms. The number of hydrogen-bond donors (Lipinski definition) is 2. The summed E-state index contributed by atoms with van der Waals surface area (Å²) in [5.41, 5.74) is 1.46. The average molecular weight is 440 g/mol. The fraction of sp³-hybridized carbons (Fsp3) is 0.364. The van der Waals surface area contributed by atoms with Gasteiger partial charge in [0, 0.05) is 31.0 Å². The van der Waals surface area contributed by atoms with E-state index in [9.17, 15) is 14.7 Å². The fourth-order valence-electron chi connectivity index (χ4n) is 3.64. The fourth-order valence-corrected chi connectivity index (χ4v) is 4.45. The molecule has 0 aliphatic rings. The van der Waals surface area contributed by atoms with E-state index in [-0.39, 0.29) is 29.8 Å². The highest BCUT2D eigenvalue weighted by Crippen LogP contribution is 2.23. The number of nitrogens with one attached hydrogen (secondary N) is 1. The molecule has 4 aromatic rings. The minimum atomic E-state index is -0.0886. The van der Waals surface area contributed by atoms with E-state index in [4.69, 9.17) is 0 Å². The number of para-hydroxylation sites is 1. The lowest BCUT2D eigenvalue weighted by Crippen LogP contribution is -2.25. The van der Waals surface area contributed by atoms with Crippen molar-refractivity contribution in [3.05, 3.63) is 57.5 Å². The smallest absolute Gasteiger partial charge is 0.273 e. The van der Waals surface area contributed by atoms with Crippen LogP contribution in [-0.2, 0) is 17.8 Å². The maximum absolute atomic E-state index is 13.0. The van der Waals surface area contributed by atoms with Crippen molar-refractivity contribution < 1.29 is 9.90 Å². The van der Waals surface area contributed by atoms with Crippen LogP contribution in [0.5, 0.6) is 5.75 Å². The Labute approximate surface area is 183 Å². The van der Waals surface area contributed by atoms with Crippen LogP contribution in [0.25, 0.3) is 16.0 Å². The number of carbonyl (C=O) groups excluding carboxylic acids is 1. The van der Waals surface area contributed by atoms with Gasteiger partial charge in [-0.1, -0.05) is 25.1 Å². The zero-order valence-electron chi connectivity index (χ0n) is 17.5. The van der Waals surface area contributed by atoms with Crippen LogP contribution in [0.1, 0.15) is 50.5 Å². The SMILES string of the molecule is CCC(C)n1c(=O)c2sccc2n2c(CCCC(=O)NCc3ccccc3O)nnc12. The van der Waals surface area contributed by atoms with E-state index in [0.29, 0.717) is 35.3 Å². The highest BCUT2D eigenvalue weighted by atomic mass is 32.1. The number of aromatic hydroxyl groups is 1. The van der Waals surface area contributed by atoms with Crippen LogP contribution in [0, 0.1) is 0 Å². The standard InChI is InChI=1S/C22H25N5O3S/c1-3-14(2)26-21(30)20-16(11-12-31-20)27-18(24-25-22(26)27)9-6-10-19(29)23-13-15-7-4-5-8-17(15)28/h4-5,7-8,11-12,14,28H,3,6,9-10,13H2,1-2H3,(H,23,29). The molecule has 3 heterocycles. The molecule has 1 unspecified atom stereocenters. The third-order valence-corrected chi connectivity index (χ3v) is 6.42. The molecule has 3 aromatic heterocycles. The molecular formula is C22H25N5O3S. The van der Waals surface area contributed by atoms with Gasteiger partial charge >= 0.3 is 0 Å². The second kappa shape index (κ2) is 8.89. The topological polar surface area (TPSA) is 102 Å². The Balaban J connectivity index is 1.49. The van der Waals surface area contributed by atoms with Crippen molar-refractivity contribution in [2.45, 2.75) is 52.1 Å². The zero-order valence-corrected chi connectivity index (χ0v) is 18.4. The molecule has 0 fully saturated rings. The molecule has 8 nitrogen and oxygen atoms in total. The molecule has 1 atom stereocenters. The first-order valence-corrected chi connectivity index (χ1v) is 11.3. The van der Waals surface area contributed by atoms with Gasteiger partial charge in [0.25, 0.3) is 5.56 Å². The van der Waals surface area contributed by atoms with Crippen molar-refractivity contribution in [3.63, 3.8) is 0 Å². The van der Waals surface area contributed by atoms with Crippen molar-refractivity contribution in [2.24, 2.45) is 0 Å².